The number of ether oxygens (including phenoxy) is 1. The number of amides is 1. The van der Waals surface area contributed by atoms with Crippen molar-refractivity contribution in [3.63, 3.8) is 0 Å². The molecule has 2 saturated heterocycles. The van der Waals surface area contributed by atoms with E-state index in [1.165, 1.54) is 0 Å². The van der Waals surface area contributed by atoms with Gasteiger partial charge in [0.2, 0.25) is 0 Å². The first-order valence-electron chi connectivity index (χ1n) is 9.53. The van der Waals surface area contributed by atoms with Crippen molar-refractivity contribution < 1.29 is 19.1 Å². The lowest BCUT2D eigenvalue weighted by molar-refractivity contribution is -0.153. The molecule has 3 heterocycles. The monoisotopic (exact) mass is 383 g/mol. The number of hydrogen-bond acceptors (Lipinski definition) is 4. The number of fused-ring (bicyclic) bond motifs is 1. The van der Waals surface area contributed by atoms with Gasteiger partial charge in [-0.3, -0.25) is 14.4 Å². The van der Waals surface area contributed by atoms with Gasteiger partial charge in [0.15, 0.2) is 0 Å². The molecule has 0 N–H and O–H groups in total. The van der Waals surface area contributed by atoms with Crippen LogP contribution >= 0.6 is 0 Å². The predicted octanol–water partition coefficient (Wildman–Crippen LogP) is 2.43. The smallest absolute Gasteiger partial charge is 0.319 e. The molecule has 1 aliphatic carbocycles. The Morgan fingerprint density at radius 3 is 2.24 bits per heavy atom. The molecule has 2 aromatic rings. The fourth-order valence-corrected chi connectivity index (χ4v) is 4.53. The highest BCUT2D eigenvalue weighted by molar-refractivity contribution is 6.01. The second kappa shape index (κ2) is 6.75. The highest BCUT2D eigenvalue weighted by Gasteiger charge is 2.61. The van der Waals surface area contributed by atoms with E-state index in [-0.39, 0.29) is 11.8 Å². The number of carbonyl (C=O) groups excluding carboxylic acids is 3. The van der Waals surface area contributed by atoms with Gasteiger partial charge in [-0.25, -0.2) is 0 Å². The third-order valence-corrected chi connectivity index (χ3v) is 5.82. The van der Waals surface area contributed by atoms with Gasteiger partial charge in [0.1, 0.15) is 6.04 Å². The minimum Gasteiger partial charge on any atom is -0.393 e. The first-order valence-corrected chi connectivity index (χ1v) is 9.53. The van der Waals surface area contributed by atoms with Crippen LogP contribution in [0.4, 0.5) is 0 Å². The van der Waals surface area contributed by atoms with Gasteiger partial charge < -0.3 is 9.64 Å². The maximum Gasteiger partial charge on any atom is 0.319 e. The van der Waals surface area contributed by atoms with Gasteiger partial charge in [0.25, 0.3) is 5.91 Å². The molecule has 2 aromatic carbocycles. The molecule has 5 atom stereocenters. The molecule has 142 valence electrons. The quantitative estimate of drug-likeness (QED) is 0.328. The first kappa shape index (κ1) is 17.4. The van der Waals surface area contributed by atoms with Crippen LogP contribution in [0.5, 0.6) is 0 Å². The topological polar surface area (TPSA) is 63.7 Å². The number of hydrogen-bond donors (Lipinski definition) is 0. The van der Waals surface area contributed by atoms with Crippen LogP contribution in [-0.4, -0.2) is 34.8 Å². The summed E-state index contributed by atoms with van der Waals surface area (Å²) >= 11 is 0. The van der Waals surface area contributed by atoms with Crippen LogP contribution < -0.4 is 0 Å². The molecule has 29 heavy (non-hydrogen) atoms. The average molecular weight is 383 g/mol. The second-order valence-electron chi connectivity index (χ2n) is 7.40. The lowest BCUT2D eigenvalue weighted by Crippen LogP contribution is -2.62. The summed E-state index contributed by atoms with van der Waals surface area (Å²) in [4.78, 5) is 39.7. The fourth-order valence-electron chi connectivity index (χ4n) is 4.53. The van der Waals surface area contributed by atoms with Gasteiger partial charge in [-0.15, -0.1) is 0 Å². The van der Waals surface area contributed by atoms with Crippen molar-refractivity contribution in [2.75, 3.05) is 0 Å². The van der Waals surface area contributed by atoms with Crippen molar-refractivity contribution in [3.05, 3.63) is 83.9 Å². The maximum absolute atomic E-state index is 13.4. The van der Waals surface area contributed by atoms with Crippen LogP contribution in [0.3, 0.4) is 0 Å². The molecule has 5 nitrogen and oxygen atoms in total. The summed E-state index contributed by atoms with van der Waals surface area (Å²) in [6.45, 7) is 0. The molecule has 4 aliphatic rings. The van der Waals surface area contributed by atoms with E-state index in [2.05, 4.69) is 11.8 Å². The Morgan fingerprint density at radius 2 is 1.52 bits per heavy atom. The zero-order valence-corrected chi connectivity index (χ0v) is 15.4. The highest BCUT2D eigenvalue weighted by atomic mass is 16.6. The standard InChI is InChI=1S/C24H17NO4/c26-22(16-9-5-2-6-10-16)25-18(13-11-15-7-3-1-4-8-15)17-12-14-19(25)21-20(17)23(27)29-24(21)28/h1-10,12,14,17-21H/t17-,18-,19-,20-,21-/m1/s1. The molecule has 2 fully saturated rings. The van der Waals surface area contributed by atoms with E-state index < -0.39 is 35.9 Å². The van der Waals surface area contributed by atoms with E-state index in [1.807, 2.05) is 48.6 Å². The summed E-state index contributed by atoms with van der Waals surface area (Å²) < 4.78 is 4.93. The van der Waals surface area contributed by atoms with Crippen molar-refractivity contribution in [2.45, 2.75) is 12.1 Å². The number of carbonyl (C=O) groups is 3. The Balaban J connectivity index is 1.59. The number of piperidine rings is 1. The molecule has 5 heteroatoms. The lowest BCUT2D eigenvalue weighted by Gasteiger charge is -2.49. The third-order valence-electron chi connectivity index (χ3n) is 5.82. The van der Waals surface area contributed by atoms with Gasteiger partial charge in [0, 0.05) is 17.0 Å². The molecule has 0 radical (unpaired) electrons. The van der Waals surface area contributed by atoms with E-state index in [4.69, 9.17) is 4.74 Å². The molecular formula is C24H17NO4. The molecule has 3 aliphatic heterocycles. The molecule has 1 amide bonds. The van der Waals surface area contributed by atoms with Crippen LogP contribution in [0.15, 0.2) is 72.8 Å². The molecule has 0 spiro atoms. The number of rotatable bonds is 1. The summed E-state index contributed by atoms with van der Waals surface area (Å²) in [7, 11) is 0. The third kappa shape index (κ3) is 2.76. The summed E-state index contributed by atoms with van der Waals surface area (Å²) in [5.74, 6) is 3.41. The largest absolute Gasteiger partial charge is 0.393 e. The van der Waals surface area contributed by atoms with Gasteiger partial charge in [-0.2, -0.15) is 0 Å². The van der Waals surface area contributed by atoms with Crippen molar-refractivity contribution in [2.24, 2.45) is 17.8 Å². The zero-order chi connectivity index (χ0) is 20.0. The second-order valence-corrected chi connectivity index (χ2v) is 7.40. The zero-order valence-electron chi connectivity index (χ0n) is 15.4. The number of cyclic esters (lactones) is 2. The van der Waals surface area contributed by atoms with Crippen molar-refractivity contribution in [3.8, 4) is 11.8 Å². The summed E-state index contributed by atoms with van der Waals surface area (Å²) in [6, 6.07) is 17.3. The van der Waals surface area contributed by atoms with E-state index in [9.17, 15) is 14.4 Å². The number of esters is 2. The fraction of sp³-hybridized carbons (Fsp3) is 0.208. The summed E-state index contributed by atoms with van der Waals surface area (Å²) in [6.07, 6.45) is 3.75. The minimum atomic E-state index is -0.667. The van der Waals surface area contributed by atoms with Crippen molar-refractivity contribution >= 4 is 17.8 Å². The number of nitrogens with zero attached hydrogens (tertiary/aromatic N) is 1. The molecule has 0 saturated carbocycles. The van der Waals surface area contributed by atoms with E-state index in [1.54, 1.807) is 29.2 Å². The lowest BCUT2D eigenvalue weighted by atomic mass is 9.66. The van der Waals surface area contributed by atoms with Crippen LogP contribution in [-0.2, 0) is 14.3 Å². The molecular weight excluding hydrogens is 366 g/mol. The van der Waals surface area contributed by atoms with E-state index in [0.29, 0.717) is 5.56 Å². The Bertz CT molecular complexity index is 1080. The summed E-state index contributed by atoms with van der Waals surface area (Å²) in [5, 5.41) is 0. The highest BCUT2D eigenvalue weighted by Crippen LogP contribution is 2.47. The SMILES string of the molecule is O=C1OC(=O)[C@H]2[C@H]1[C@@H]1C=C[C@H]2N(C(=O)c2ccccc2)[C@@H]1C#Cc1ccccc1. The van der Waals surface area contributed by atoms with Crippen molar-refractivity contribution in [1.82, 2.24) is 4.90 Å². The average Bonchev–Trinajstić information content (AvgIpc) is 3.08. The maximum atomic E-state index is 13.4. The van der Waals surface area contributed by atoms with Crippen LogP contribution in [0.1, 0.15) is 15.9 Å². The van der Waals surface area contributed by atoms with Gasteiger partial charge >= 0.3 is 11.9 Å². The molecule has 0 unspecified atom stereocenters. The molecule has 6 rings (SSSR count). The first-order chi connectivity index (χ1) is 14.1. The number of benzene rings is 2. The van der Waals surface area contributed by atoms with E-state index >= 15 is 0 Å². The van der Waals surface area contributed by atoms with Crippen LogP contribution in [0.2, 0.25) is 0 Å². The Morgan fingerprint density at radius 1 is 0.862 bits per heavy atom. The molecule has 0 aromatic heterocycles. The van der Waals surface area contributed by atoms with Crippen LogP contribution in [0.25, 0.3) is 0 Å². The summed E-state index contributed by atoms with van der Waals surface area (Å²) in [5.41, 5.74) is 1.35. The van der Waals surface area contributed by atoms with Gasteiger partial charge in [-0.05, 0) is 24.3 Å². The van der Waals surface area contributed by atoms with Gasteiger partial charge in [0.05, 0.1) is 17.9 Å². The normalized spacial score (nSPS) is 29.1. The minimum absolute atomic E-state index is 0.206. The Labute approximate surface area is 168 Å². The predicted molar refractivity (Wildman–Crippen MR) is 104 cm³/mol. The Hall–Kier alpha value is -3.65. The Kier molecular flexibility index (Phi) is 4.06. The molecule has 2 bridgehead atoms. The van der Waals surface area contributed by atoms with Crippen LogP contribution in [0, 0.1) is 29.6 Å². The van der Waals surface area contributed by atoms with Gasteiger partial charge in [-0.1, -0.05) is 60.4 Å². The van der Waals surface area contributed by atoms with E-state index in [0.717, 1.165) is 5.56 Å². The van der Waals surface area contributed by atoms with Crippen molar-refractivity contribution in [1.29, 1.82) is 0 Å².